The lowest BCUT2D eigenvalue weighted by Crippen LogP contribution is -2.46. The van der Waals surface area contributed by atoms with Gasteiger partial charge in [0.2, 0.25) is 5.91 Å². The van der Waals surface area contributed by atoms with Gasteiger partial charge in [0.25, 0.3) is 0 Å². The van der Waals surface area contributed by atoms with Crippen LogP contribution in [0, 0.1) is 5.92 Å². The summed E-state index contributed by atoms with van der Waals surface area (Å²) in [6, 6.07) is 14.6. The fourth-order valence-corrected chi connectivity index (χ4v) is 3.84. The van der Waals surface area contributed by atoms with Crippen LogP contribution in [0.1, 0.15) is 18.4 Å². The van der Waals surface area contributed by atoms with Gasteiger partial charge in [-0.2, -0.15) is 0 Å². The quantitative estimate of drug-likeness (QED) is 0.864. The van der Waals surface area contributed by atoms with Crippen LogP contribution >= 0.6 is 0 Å². The minimum atomic E-state index is 0.0351. The fourth-order valence-electron chi connectivity index (χ4n) is 3.84. The van der Waals surface area contributed by atoms with Crippen LogP contribution in [0.5, 0.6) is 0 Å². The molecular formula is C22H28N4O2. The number of anilines is 2. The van der Waals surface area contributed by atoms with Gasteiger partial charge in [-0.15, -0.1) is 0 Å². The fraction of sp³-hybridized carbons (Fsp3) is 0.455. The van der Waals surface area contributed by atoms with E-state index in [-0.39, 0.29) is 11.8 Å². The number of rotatable bonds is 5. The van der Waals surface area contributed by atoms with Gasteiger partial charge in [0.1, 0.15) is 5.82 Å². The van der Waals surface area contributed by atoms with Gasteiger partial charge < -0.3 is 15.0 Å². The predicted molar refractivity (Wildman–Crippen MR) is 110 cm³/mol. The predicted octanol–water partition coefficient (Wildman–Crippen LogP) is 2.77. The second-order valence-corrected chi connectivity index (χ2v) is 7.53. The van der Waals surface area contributed by atoms with Gasteiger partial charge in [-0.1, -0.05) is 30.3 Å². The number of pyridine rings is 1. The molecule has 2 aliphatic rings. The lowest BCUT2D eigenvalue weighted by atomic mass is 9.99. The Kier molecular flexibility index (Phi) is 6.19. The Morgan fingerprint density at radius 3 is 2.46 bits per heavy atom. The van der Waals surface area contributed by atoms with E-state index in [0.29, 0.717) is 19.0 Å². The van der Waals surface area contributed by atoms with Gasteiger partial charge in [0.15, 0.2) is 0 Å². The molecule has 0 bridgehead atoms. The van der Waals surface area contributed by atoms with Gasteiger partial charge in [0, 0.05) is 51.9 Å². The molecule has 3 heterocycles. The smallest absolute Gasteiger partial charge is 0.228 e. The van der Waals surface area contributed by atoms with Gasteiger partial charge in [-0.3, -0.25) is 9.69 Å². The Morgan fingerprint density at radius 1 is 1.04 bits per heavy atom. The summed E-state index contributed by atoms with van der Waals surface area (Å²) in [5, 5.41) is 2.94. The zero-order chi connectivity index (χ0) is 19.2. The molecule has 0 radical (unpaired) electrons. The highest BCUT2D eigenvalue weighted by molar-refractivity contribution is 5.91. The summed E-state index contributed by atoms with van der Waals surface area (Å²) in [5.74, 6) is 0.717. The molecule has 2 saturated heterocycles. The largest absolute Gasteiger partial charge is 0.381 e. The third kappa shape index (κ3) is 4.88. The first-order valence-corrected chi connectivity index (χ1v) is 10.1. The average molecular weight is 380 g/mol. The van der Waals surface area contributed by atoms with E-state index >= 15 is 0 Å². The topological polar surface area (TPSA) is 57.7 Å². The van der Waals surface area contributed by atoms with Crippen molar-refractivity contribution in [1.29, 1.82) is 0 Å². The van der Waals surface area contributed by atoms with E-state index in [2.05, 4.69) is 56.5 Å². The van der Waals surface area contributed by atoms with Crippen molar-refractivity contribution in [3.8, 4) is 0 Å². The van der Waals surface area contributed by atoms with Crippen LogP contribution < -0.4 is 10.2 Å². The molecule has 0 atom stereocenters. The summed E-state index contributed by atoms with van der Waals surface area (Å²) < 4.78 is 5.32. The van der Waals surface area contributed by atoms with Crippen molar-refractivity contribution in [1.82, 2.24) is 9.88 Å². The molecule has 1 N–H and O–H groups in total. The van der Waals surface area contributed by atoms with Crippen LogP contribution in [-0.4, -0.2) is 55.2 Å². The number of carbonyl (C=O) groups excluding carboxylic acids is 1. The molecule has 1 aromatic heterocycles. The van der Waals surface area contributed by atoms with E-state index < -0.39 is 0 Å². The Balaban J connectivity index is 1.27. The number of hydrogen-bond acceptors (Lipinski definition) is 5. The summed E-state index contributed by atoms with van der Waals surface area (Å²) in [5.41, 5.74) is 2.48. The van der Waals surface area contributed by atoms with E-state index in [9.17, 15) is 4.79 Å². The summed E-state index contributed by atoms with van der Waals surface area (Å²) in [6.07, 6.45) is 3.45. The monoisotopic (exact) mass is 380 g/mol. The van der Waals surface area contributed by atoms with Crippen LogP contribution in [0.4, 0.5) is 11.5 Å². The van der Waals surface area contributed by atoms with Gasteiger partial charge in [-0.05, 0) is 30.5 Å². The van der Waals surface area contributed by atoms with E-state index in [0.717, 1.165) is 51.3 Å². The number of nitrogens with zero attached hydrogens (tertiary/aromatic N) is 3. The molecule has 1 amide bonds. The molecule has 1 aromatic carbocycles. The summed E-state index contributed by atoms with van der Waals surface area (Å²) in [4.78, 5) is 21.6. The lowest BCUT2D eigenvalue weighted by molar-refractivity contribution is -0.122. The zero-order valence-corrected chi connectivity index (χ0v) is 16.2. The molecular weight excluding hydrogens is 352 g/mol. The van der Waals surface area contributed by atoms with Gasteiger partial charge in [-0.25, -0.2) is 4.98 Å². The minimum Gasteiger partial charge on any atom is -0.381 e. The van der Waals surface area contributed by atoms with Crippen LogP contribution in [-0.2, 0) is 16.1 Å². The Hall–Kier alpha value is -2.44. The SMILES string of the molecule is O=C(Nc1ccc(N2CCN(Cc3ccccc3)CC2)cn1)C1CCOCC1. The van der Waals surface area contributed by atoms with E-state index in [1.54, 1.807) is 0 Å². The van der Waals surface area contributed by atoms with Crippen LogP contribution in [0.15, 0.2) is 48.7 Å². The van der Waals surface area contributed by atoms with Crippen molar-refractivity contribution < 1.29 is 9.53 Å². The maximum atomic E-state index is 12.3. The summed E-state index contributed by atoms with van der Waals surface area (Å²) in [6.45, 7) is 6.39. The first-order chi connectivity index (χ1) is 13.8. The van der Waals surface area contributed by atoms with Crippen molar-refractivity contribution in [2.45, 2.75) is 19.4 Å². The average Bonchev–Trinajstić information content (AvgIpc) is 2.76. The molecule has 28 heavy (non-hydrogen) atoms. The maximum Gasteiger partial charge on any atom is 0.228 e. The van der Waals surface area contributed by atoms with Gasteiger partial charge >= 0.3 is 0 Å². The third-order valence-electron chi connectivity index (χ3n) is 5.58. The Morgan fingerprint density at radius 2 is 1.79 bits per heavy atom. The molecule has 4 rings (SSSR count). The molecule has 2 aliphatic heterocycles. The summed E-state index contributed by atoms with van der Waals surface area (Å²) in [7, 11) is 0. The number of nitrogens with one attached hydrogen (secondary N) is 1. The van der Waals surface area contributed by atoms with E-state index in [1.165, 1.54) is 5.56 Å². The second kappa shape index (κ2) is 9.17. The molecule has 0 saturated carbocycles. The molecule has 0 spiro atoms. The molecule has 6 heteroatoms. The molecule has 0 aliphatic carbocycles. The molecule has 0 unspecified atom stereocenters. The Bertz CT molecular complexity index is 752. The minimum absolute atomic E-state index is 0.0351. The number of ether oxygens (including phenoxy) is 1. The number of benzene rings is 1. The van der Waals surface area contributed by atoms with Crippen LogP contribution in [0.3, 0.4) is 0 Å². The number of aromatic nitrogens is 1. The van der Waals surface area contributed by atoms with Crippen molar-refractivity contribution >= 4 is 17.4 Å². The normalized spacial score (nSPS) is 18.8. The van der Waals surface area contributed by atoms with Crippen molar-refractivity contribution in [2.75, 3.05) is 49.6 Å². The summed E-state index contributed by atoms with van der Waals surface area (Å²) >= 11 is 0. The molecule has 148 valence electrons. The standard InChI is InChI=1S/C22H28N4O2/c27-22(19-8-14-28-15-9-19)24-21-7-6-20(16-23-21)26-12-10-25(11-13-26)17-18-4-2-1-3-5-18/h1-7,16,19H,8-15,17H2,(H,23,24,27). The zero-order valence-electron chi connectivity index (χ0n) is 16.2. The highest BCUT2D eigenvalue weighted by Gasteiger charge is 2.22. The van der Waals surface area contributed by atoms with Crippen molar-refractivity contribution in [2.24, 2.45) is 5.92 Å². The van der Waals surface area contributed by atoms with E-state index in [1.807, 2.05) is 12.3 Å². The molecule has 2 aromatic rings. The third-order valence-corrected chi connectivity index (χ3v) is 5.58. The van der Waals surface area contributed by atoms with Crippen molar-refractivity contribution in [3.05, 3.63) is 54.2 Å². The molecule has 2 fully saturated rings. The van der Waals surface area contributed by atoms with Gasteiger partial charge in [0.05, 0.1) is 11.9 Å². The number of amides is 1. The first-order valence-electron chi connectivity index (χ1n) is 10.1. The number of carbonyl (C=O) groups is 1. The molecule has 6 nitrogen and oxygen atoms in total. The van der Waals surface area contributed by atoms with Crippen molar-refractivity contribution in [3.63, 3.8) is 0 Å². The lowest BCUT2D eigenvalue weighted by Gasteiger charge is -2.36. The second-order valence-electron chi connectivity index (χ2n) is 7.53. The maximum absolute atomic E-state index is 12.3. The number of hydrogen-bond donors (Lipinski definition) is 1. The van der Waals surface area contributed by atoms with Crippen LogP contribution in [0.2, 0.25) is 0 Å². The highest BCUT2D eigenvalue weighted by Crippen LogP contribution is 2.20. The van der Waals surface area contributed by atoms with Crippen LogP contribution in [0.25, 0.3) is 0 Å². The highest BCUT2D eigenvalue weighted by atomic mass is 16.5. The Labute approximate surface area is 166 Å². The number of piperazine rings is 1. The van der Waals surface area contributed by atoms with E-state index in [4.69, 9.17) is 4.74 Å². The first kappa shape index (κ1) is 18.9.